The molecule has 124 valence electrons. The lowest BCUT2D eigenvalue weighted by atomic mass is 10.1. The van der Waals surface area contributed by atoms with Gasteiger partial charge in [-0.05, 0) is 18.1 Å². The van der Waals surface area contributed by atoms with E-state index in [2.05, 4.69) is 51.7 Å². The highest BCUT2D eigenvalue weighted by Crippen LogP contribution is 2.26. The second-order valence-electron chi connectivity index (χ2n) is 5.66. The van der Waals surface area contributed by atoms with Crippen LogP contribution in [0.15, 0.2) is 53.9 Å². The molecule has 0 aliphatic rings. The number of H-pyrrole nitrogens is 1. The Labute approximate surface area is 148 Å². The lowest BCUT2D eigenvalue weighted by Gasteiger charge is -2.00. The van der Waals surface area contributed by atoms with Gasteiger partial charge in [0.15, 0.2) is 10.8 Å². The average molecular weight is 348 g/mol. The summed E-state index contributed by atoms with van der Waals surface area (Å²) in [5, 5.41) is 13.1. The van der Waals surface area contributed by atoms with E-state index >= 15 is 0 Å². The van der Waals surface area contributed by atoms with E-state index in [1.807, 2.05) is 29.6 Å². The summed E-state index contributed by atoms with van der Waals surface area (Å²) in [6.45, 7) is 2.13. The summed E-state index contributed by atoms with van der Waals surface area (Å²) in [4.78, 5) is 17.0. The van der Waals surface area contributed by atoms with Crippen LogP contribution in [0.2, 0.25) is 0 Å². The molecule has 0 fully saturated rings. The van der Waals surface area contributed by atoms with E-state index in [4.69, 9.17) is 0 Å². The van der Waals surface area contributed by atoms with Crippen molar-refractivity contribution in [2.24, 2.45) is 0 Å². The molecule has 2 aromatic carbocycles. The number of para-hydroxylation sites is 1. The maximum atomic E-state index is 12.5. The van der Waals surface area contributed by atoms with Crippen LogP contribution < -0.4 is 5.32 Å². The Kier molecular flexibility index (Phi) is 4.03. The van der Waals surface area contributed by atoms with Crippen LogP contribution in [-0.4, -0.2) is 21.1 Å². The number of hydrogen-bond acceptors (Lipinski definition) is 4. The Morgan fingerprint density at radius 1 is 1.16 bits per heavy atom. The number of nitrogens with zero attached hydrogens (tertiary/aromatic N) is 2. The molecule has 0 spiro atoms. The number of hydrogen-bond donors (Lipinski definition) is 2. The van der Waals surface area contributed by atoms with E-state index in [0.29, 0.717) is 10.8 Å². The molecule has 0 aliphatic carbocycles. The molecule has 0 saturated carbocycles. The zero-order chi connectivity index (χ0) is 17.2. The van der Waals surface area contributed by atoms with Gasteiger partial charge in [0.2, 0.25) is 0 Å². The Morgan fingerprint density at radius 2 is 1.96 bits per heavy atom. The maximum Gasteiger partial charge on any atom is 0.278 e. The highest BCUT2D eigenvalue weighted by Gasteiger charge is 2.15. The van der Waals surface area contributed by atoms with Crippen LogP contribution in [0.4, 0.5) is 5.13 Å². The van der Waals surface area contributed by atoms with Crippen molar-refractivity contribution in [3.05, 3.63) is 65.2 Å². The van der Waals surface area contributed by atoms with Crippen molar-refractivity contribution in [2.75, 3.05) is 5.32 Å². The first kappa shape index (κ1) is 15.5. The van der Waals surface area contributed by atoms with E-state index in [1.54, 1.807) is 0 Å². The second kappa shape index (κ2) is 6.49. The van der Waals surface area contributed by atoms with E-state index in [0.717, 1.165) is 28.6 Å². The SMILES string of the molecule is CCc1ccc(-c2csc(NC(=O)c3n[nH]c4ccccc34)n2)cc1. The van der Waals surface area contributed by atoms with Crippen LogP contribution in [0.25, 0.3) is 22.2 Å². The number of aryl methyl sites for hydroxylation is 1. The first-order valence-corrected chi connectivity index (χ1v) is 8.92. The molecule has 2 aromatic heterocycles. The van der Waals surface area contributed by atoms with Gasteiger partial charge in [0.25, 0.3) is 5.91 Å². The van der Waals surface area contributed by atoms with Gasteiger partial charge in [-0.3, -0.25) is 15.2 Å². The van der Waals surface area contributed by atoms with Gasteiger partial charge in [0.05, 0.1) is 11.2 Å². The third-order valence-corrected chi connectivity index (χ3v) is 4.83. The average Bonchev–Trinajstić information content (AvgIpc) is 3.28. The number of aromatic amines is 1. The monoisotopic (exact) mass is 348 g/mol. The van der Waals surface area contributed by atoms with Crippen molar-refractivity contribution in [1.82, 2.24) is 15.2 Å². The highest BCUT2D eigenvalue weighted by atomic mass is 32.1. The minimum Gasteiger partial charge on any atom is -0.296 e. The first-order valence-electron chi connectivity index (χ1n) is 8.04. The molecular weight excluding hydrogens is 332 g/mol. The molecule has 25 heavy (non-hydrogen) atoms. The second-order valence-corrected chi connectivity index (χ2v) is 6.52. The topological polar surface area (TPSA) is 70.7 Å². The number of fused-ring (bicyclic) bond motifs is 1. The normalized spacial score (nSPS) is 10.9. The molecule has 5 nitrogen and oxygen atoms in total. The van der Waals surface area contributed by atoms with Gasteiger partial charge in [-0.1, -0.05) is 49.4 Å². The van der Waals surface area contributed by atoms with Gasteiger partial charge in [-0.15, -0.1) is 11.3 Å². The largest absolute Gasteiger partial charge is 0.296 e. The molecule has 2 heterocycles. The number of thiazole rings is 1. The van der Waals surface area contributed by atoms with Crippen LogP contribution >= 0.6 is 11.3 Å². The maximum absolute atomic E-state index is 12.5. The highest BCUT2D eigenvalue weighted by molar-refractivity contribution is 7.14. The number of anilines is 1. The van der Waals surface area contributed by atoms with Gasteiger partial charge in [-0.25, -0.2) is 4.98 Å². The van der Waals surface area contributed by atoms with E-state index in [1.165, 1.54) is 16.9 Å². The summed E-state index contributed by atoms with van der Waals surface area (Å²) < 4.78 is 0. The van der Waals surface area contributed by atoms with Gasteiger partial charge in [-0.2, -0.15) is 5.10 Å². The molecule has 4 rings (SSSR count). The zero-order valence-electron chi connectivity index (χ0n) is 13.6. The lowest BCUT2D eigenvalue weighted by Crippen LogP contribution is -2.12. The zero-order valence-corrected chi connectivity index (χ0v) is 14.4. The van der Waals surface area contributed by atoms with Gasteiger partial charge in [0.1, 0.15) is 0 Å². The van der Waals surface area contributed by atoms with Crippen LogP contribution in [0.1, 0.15) is 23.0 Å². The van der Waals surface area contributed by atoms with Gasteiger partial charge in [0, 0.05) is 16.3 Å². The summed E-state index contributed by atoms with van der Waals surface area (Å²) in [5.74, 6) is -0.264. The number of carbonyl (C=O) groups excluding carboxylic acids is 1. The molecule has 0 aliphatic heterocycles. The number of nitrogens with one attached hydrogen (secondary N) is 2. The first-order chi connectivity index (χ1) is 12.2. The van der Waals surface area contributed by atoms with Crippen LogP contribution in [0.5, 0.6) is 0 Å². The summed E-state index contributed by atoms with van der Waals surface area (Å²) >= 11 is 1.40. The molecule has 0 bridgehead atoms. The summed E-state index contributed by atoms with van der Waals surface area (Å²) in [6, 6.07) is 15.9. The van der Waals surface area contributed by atoms with Gasteiger partial charge >= 0.3 is 0 Å². The van der Waals surface area contributed by atoms with Crippen LogP contribution in [0, 0.1) is 0 Å². The number of benzene rings is 2. The van der Waals surface area contributed by atoms with Crippen molar-refractivity contribution in [2.45, 2.75) is 13.3 Å². The van der Waals surface area contributed by atoms with E-state index in [-0.39, 0.29) is 5.91 Å². The van der Waals surface area contributed by atoms with Crippen molar-refractivity contribution >= 4 is 33.3 Å². The van der Waals surface area contributed by atoms with Crippen molar-refractivity contribution < 1.29 is 4.79 Å². The summed E-state index contributed by atoms with van der Waals surface area (Å²) in [6.07, 6.45) is 1.01. The smallest absolute Gasteiger partial charge is 0.278 e. The third kappa shape index (κ3) is 3.04. The molecule has 0 unspecified atom stereocenters. The fourth-order valence-corrected chi connectivity index (χ4v) is 3.38. The minimum atomic E-state index is -0.264. The van der Waals surface area contributed by atoms with Crippen molar-refractivity contribution in [3.63, 3.8) is 0 Å². The Hall–Kier alpha value is -2.99. The van der Waals surface area contributed by atoms with Crippen molar-refractivity contribution in [1.29, 1.82) is 0 Å². The minimum absolute atomic E-state index is 0.264. The molecule has 6 heteroatoms. The summed E-state index contributed by atoms with van der Waals surface area (Å²) in [5.41, 5.74) is 4.40. The lowest BCUT2D eigenvalue weighted by molar-refractivity contribution is 0.102. The molecule has 1 amide bonds. The standard InChI is InChI=1S/C19H16N4OS/c1-2-12-7-9-13(10-8-12)16-11-25-19(20-16)21-18(24)17-14-5-3-4-6-15(14)22-23-17/h3-11H,2H2,1H3,(H,22,23)(H,20,21,24). The number of rotatable bonds is 4. The number of aromatic nitrogens is 3. The molecular formula is C19H16N4OS. The van der Waals surface area contributed by atoms with E-state index < -0.39 is 0 Å². The third-order valence-electron chi connectivity index (χ3n) is 4.07. The molecule has 0 atom stereocenters. The molecule has 0 radical (unpaired) electrons. The predicted octanol–water partition coefficient (Wildman–Crippen LogP) is 4.50. The van der Waals surface area contributed by atoms with Gasteiger partial charge < -0.3 is 0 Å². The Bertz CT molecular complexity index is 1030. The van der Waals surface area contributed by atoms with Crippen LogP contribution in [-0.2, 0) is 6.42 Å². The Balaban J connectivity index is 1.55. The fraction of sp³-hybridized carbons (Fsp3) is 0.105. The predicted molar refractivity (Wildman–Crippen MR) is 101 cm³/mol. The Morgan fingerprint density at radius 3 is 2.76 bits per heavy atom. The molecule has 4 aromatic rings. The number of amides is 1. The van der Waals surface area contributed by atoms with Crippen molar-refractivity contribution in [3.8, 4) is 11.3 Å². The summed E-state index contributed by atoms with van der Waals surface area (Å²) in [7, 11) is 0. The molecule has 2 N–H and O–H groups in total. The quantitative estimate of drug-likeness (QED) is 0.570. The molecule has 0 saturated heterocycles. The van der Waals surface area contributed by atoms with Crippen LogP contribution in [0.3, 0.4) is 0 Å². The number of carbonyl (C=O) groups is 1. The van der Waals surface area contributed by atoms with E-state index in [9.17, 15) is 4.79 Å². The fourth-order valence-electron chi connectivity index (χ4n) is 2.67.